The summed E-state index contributed by atoms with van der Waals surface area (Å²) < 4.78 is 6.63. The molecular formula is C10H12N6O2. The molecule has 2 heterocycles. The van der Waals surface area contributed by atoms with Crippen LogP contribution >= 0.6 is 0 Å². The van der Waals surface area contributed by atoms with Crippen LogP contribution in [0.25, 0.3) is 5.82 Å². The molecule has 8 heteroatoms. The number of nitrogens with zero attached hydrogens (tertiary/aromatic N) is 4. The largest absolute Gasteiger partial charge is 0.490 e. The molecule has 1 amide bonds. The van der Waals surface area contributed by atoms with Gasteiger partial charge < -0.3 is 15.8 Å². The number of aromatic nitrogens is 4. The summed E-state index contributed by atoms with van der Waals surface area (Å²) in [5.41, 5.74) is 5.46. The molecule has 0 spiro atoms. The Morgan fingerprint density at radius 2 is 2.28 bits per heavy atom. The first-order valence-electron chi connectivity index (χ1n) is 5.09. The van der Waals surface area contributed by atoms with Crippen LogP contribution in [-0.4, -0.2) is 39.8 Å². The van der Waals surface area contributed by atoms with Gasteiger partial charge in [0.1, 0.15) is 6.33 Å². The minimum atomic E-state index is -0.553. The Bertz CT molecular complexity index is 579. The number of rotatable bonds is 4. The summed E-state index contributed by atoms with van der Waals surface area (Å²) in [5.74, 6) is 0.824. The van der Waals surface area contributed by atoms with E-state index in [0.717, 1.165) is 0 Å². The topological polar surface area (TPSA) is 108 Å². The number of nitrogens with two attached hydrogens (primary N) is 1. The Hall–Kier alpha value is -2.64. The molecular weight excluding hydrogens is 236 g/mol. The summed E-state index contributed by atoms with van der Waals surface area (Å²) in [5, 5.41) is 6.89. The molecule has 94 valence electrons. The van der Waals surface area contributed by atoms with E-state index in [-0.39, 0.29) is 0 Å². The maximum absolute atomic E-state index is 11.0. The average molecular weight is 248 g/mol. The zero-order valence-electron chi connectivity index (χ0n) is 9.91. The summed E-state index contributed by atoms with van der Waals surface area (Å²) in [6.45, 7) is 0. The third-order valence-corrected chi connectivity index (χ3v) is 2.31. The van der Waals surface area contributed by atoms with E-state index in [2.05, 4.69) is 20.4 Å². The normalized spacial score (nSPS) is 10.1. The molecule has 0 atom stereocenters. The molecule has 2 aromatic rings. The molecule has 2 aromatic heterocycles. The summed E-state index contributed by atoms with van der Waals surface area (Å²) >= 11 is 0. The van der Waals surface area contributed by atoms with Crippen LogP contribution in [0.4, 0.5) is 5.82 Å². The number of hydrogen-bond donors (Lipinski definition) is 2. The molecule has 2 rings (SSSR count). The highest BCUT2D eigenvalue weighted by Crippen LogP contribution is 2.26. The number of nitrogens with one attached hydrogen (secondary N) is 1. The summed E-state index contributed by atoms with van der Waals surface area (Å²) in [6.07, 6.45) is 4.21. The molecule has 0 fully saturated rings. The first-order chi connectivity index (χ1) is 8.67. The van der Waals surface area contributed by atoms with Crippen molar-refractivity contribution in [3.63, 3.8) is 0 Å². The molecule has 0 saturated heterocycles. The predicted molar refractivity (Wildman–Crippen MR) is 63.8 cm³/mol. The van der Waals surface area contributed by atoms with Gasteiger partial charge in [0.25, 0.3) is 5.91 Å². The Balaban J connectivity index is 2.52. The Morgan fingerprint density at radius 1 is 1.50 bits per heavy atom. The fraction of sp³-hybridized carbons (Fsp3) is 0.200. The van der Waals surface area contributed by atoms with Crippen LogP contribution in [0.3, 0.4) is 0 Å². The van der Waals surface area contributed by atoms with Gasteiger partial charge in [0.15, 0.2) is 5.82 Å². The zero-order valence-corrected chi connectivity index (χ0v) is 9.91. The Kier molecular flexibility index (Phi) is 3.09. The van der Waals surface area contributed by atoms with Crippen molar-refractivity contribution < 1.29 is 9.53 Å². The average Bonchev–Trinajstić information content (AvgIpc) is 2.87. The van der Waals surface area contributed by atoms with Gasteiger partial charge in [-0.3, -0.25) is 4.79 Å². The number of primary amides is 1. The van der Waals surface area contributed by atoms with E-state index in [1.807, 2.05) is 0 Å². The number of hydrogen-bond acceptors (Lipinski definition) is 6. The predicted octanol–water partition coefficient (Wildman–Crippen LogP) is -0.189. The fourth-order valence-corrected chi connectivity index (χ4v) is 1.46. The minimum Gasteiger partial charge on any atom is -0.490 e. The van der Waals surface area contributed by atoms with Crippen LogP contribution < -0.4 is 15.8 Å². The molecule has 0 aliphatic carbocycles. The molecule has 8 nitrogen and oxygen atoms in total. The molecule has 0 radical (unpaired) electrons. The van der Waals surface area contributed by atoms with Gasteiger partial charge in [0.05, 0.1) is 18.9 Å². The molecule has 0 unspecified atom stereocenters. The van der Waals surface area contributed by atoms with Crippen LogP contribution in [0.2, 0.25) is 0 Å². The van der Waals surface area contributed by atoms with E-state index >= 15 is 0 Å². The van der Waals surface area contributed by atoms with E-state index in [1.165, 1.54) is 30.5 Å². The monoisotopic (exact) mass is 248 g/mol. The molecule has 0 aliphatic heterocycles. The lowest BCUT2D eigenvalue weighted by atomic mass is 10.3. The van der Waals surface area contributed by atoms with Crippen LogP contribution in [0.1, 0.15) is 10.4 Å². The van der Waals surface area contributed by atoms with Gasteiger partial charge in [0.2, 0.25) is 11.6 Å². The second-order valence-electron chi connectivity index (χ2n) is 3.37. The number of carbonyl (C=O) groups is 1. The maximum Gasteiger partial charge on any atom is 0.251 e. The highest BCUT2D eigenvalue weighted by Gasteiger charge is 2.14. The number of carbonyl (C=O) groups excluding carboxylic acids is 1. The van der Waals surface area contributed by atoms with Crippen LogP contribution in [0.5, 0.6) is 5.75 Å². The van der Waals surface area contributed by atoms with Crippen molar-refractivity contribution >= 4 is 11.7 Å². The lowest BCUT2D eigenvalue weighted by Gasteiger charge is -2.10. The Morgan fingerprint density at radius 3 is 2.83 bits per heavy atom. The van der Waals surface area contributed by atoms with Crippen molar-refractivity contribution in [2.75, 3.05) is 19.5 Å². The SMILES string of the molecule is CNc1ncnc(-n2cc(C(N)=O)cn2)c1OC. The zero-order chi connectivity index (χ0) is 13.1. The quantitative estimate of drug-likeness (QED) is 0.776. The first kappa shape index (κ1) is 11.8. The van der Waals surface area contributed by atoms with Crippen molar-refractivity contribution in [1.82, 2.24) is 19.7 Å². The minimum absolute atomic E-state index is 0.293. The number of methoxy groups -OCH3 is 1. The van der Waals surface area contributed by atoms with E-state index in [0.29, 0.717) is 22.9 Å². The maximum atomic E-state index is 11.0. The van der Waals surface area contributed by atoms with Crippen molar-refractivity contribution in [3.8, 4) is 11.6 Å². The fourth-order valence-electron chi connectivity index (χ4n) is 1.46. The van der Waals surface area contributed by atoms with Crippen molar-refractivity contribution in [2.45, 2.75) is 0 Å². The number of anilines is 1. The van der Waals surface area contributed by atoms with Gasteiger partial charge in [-0.15, -0.1) is 0 Å². The highest BCUT2D eigenvalue weighted by molar-refractivity contribution is 5.92. The molecule has 0 bridgehead atoms. The van der Waals surface area contributed by atoms with E-state index in [4.69, 9.17) is 10.5 Å². The highest BCUT2D eigenvalue weighted by atomic mass is 16.5. The standard InChI is InChI=1S/C10H12N6O2/c1-12-9-7(18-2)10(14-5-13-9)16-4-6(3-15-16)8(11)17/h3-5H,1-2H3,(H2,11,17)(H,12,13,14). The second kappa shape index (κ2) is 4.70. The van der Waals surface area contributed by atoms with Gasteiger partial charge in [-0.1, -0.05) is 0 Å². The molecule has 3 N–H and O–H groups in total. The Labute approximate surface area is 103 Å². The van der Waals surface area contributed by atoms with E-state index < -0.39 is 5.91 Å². The molecule has 18 heavy (non-hydrogen) atoms. The van der Waals surface area contributed by atoms with Crippen molar-refractivity contribution in [1.29, 1.82) is 0 Å². The van der Waals surface area contributed by atoms with Crippen LogP contribution in [0.15, 0.2) is 18.7 Å². The van der Waals surface area contributed by atoms with Crippen LogP contribution in [0, 0.1) is 0 Å². The molecule has 0 aliphatic rings. The lowest BCUT2D eigenvalue weighted by Crippen LogP contribution is -2.10. The van der Waals surface area contributed by atoms with Crippen molar-refractivity contribution in [3.05, 3.63) is 24.3 Å². The van der Waals surface area contributed by atoms with Gasteiger partial charge in [-0.25, -0.2) is 14.6 Å². The first-order valence-corrected chi connectivity index (χ1v) is 5.09. The van der Waals surface area contributed by atoms with E-state index in [1.54, 1.807) is 7.05 Å². The lowest BCUT2D eigenvalue weighted by molar-refractivity contribution is 0.100. The summed E-state index contributed by atoms with van der Waals surface area (Å²) in [7, 11) is 3.22. The third kappa shape index (κ3) is 1.95. The van der Waals surface area contributed by atoms with Crippen molar-refractivity contribution in [2.24, 2.45) is 5.73 Å². The smallest absolute Gasteiger partial charge is 0.251 e. The van der Waals surface area contributed by atoms with Gasteiger partial charge in [0, 0.05) is 13.2 Å². The van der Waals surface area contributed by atoms with E-state index in [9.17, 15) is 4.79 Å². The second-order valence-corrected chi connectivity index (χ2v) is 3.37. The van der Waals surface area contributed by atoms with Gasteiger partial charge >= 0.3 is 0 Å². The number of amides is 1. The van der Waals surface area contributed by atoms with Gasteiger partial charge in [-0.05, 0) is 0 Å². The molecule has 0 aromatic carbocycles. The summed E-state index contributed by atoms with van der Waals surface area (Å²) in [4.78, 5) is 19.1. The number of ether oxygens (including phenoxy) is 1. The van der Waals surface area contributed by atoms with Gasteiger partial charge in [-0.2, -0.15) is 5.10 Å². The molecule has 0 saturated carbocycles. The third-order valence-electron chi connectivity index (χ3n) is 2.31. The van der Waals surface area contributed by atoms with Crippen LogP contribution in [-0.2, 0) is 0 Å². The summed E-state index contributed by atoms with van der Waals surface area (Å²) in [6, 6.07) is 0.